The minimum absolute atomic E-state index is 0.249. The zero-order valence-electron chi connectivity index (χ0n) is 13.7. The molecule has 1 N–H and O–H groups in total. The summed E-state index contributed by atoms with van der Waals surface area (Å²) in [7, 11) is 0. The van der Waals surface area contributed by atoms with Gasteiger partial charge < -0.3 is 14.8 Å². The van der Waals surface area contributed by atoms with Gasteiger partial charge in [0.15, 0.2) is 5.75 Å². The molecule has 2 aromatic rings. The second-order valence-corrected chi connectivity index (χ2v) is 5.72. The number of hydrogen-bond donors (Lipinski definition) is 1. The molecule has 0 fully saturated rings. The van der Waals surface area contributed by atoms with Crippen molar-refractivity contribution in [3.63, 3.8) is 0 Å². The molecular formula is C18H22N2O3. The SMILES string of the molecule is Cc1cnc(CNC(=O)OCC(C)C)c(Oc2ccccc2)c1. The molecule has 1 amide bonds. The van der Waals surface area contributed by atoms with Crippen LogP contribution in [-0.4, -0.2) is 17.7 Å². The molecular weight excluding hydrogens is 292 g/mol. The molecule has 0 aliphatic heterocycles. The van der Waals surface area contributed by atoms with E-state index in [4.69, 9.17) is 9.47 Å². The maximum atomic E-state index is 11.7. The summed E-state index contributed by atoms with van der Waals surface area (Å²) in [5.41, 5.74) is 1.64. The van der Waals surface area contributed by atoms with Crippen molar-refractivity contribution in [3.8, 4) is 11.5 Å². The lowest BCUT2D eigenvalue weighted by Crippen LogP contribution is -2.25. The van der Waals surface area contributed by atoms with Crippen LogP contribution in [-0.2, 0) is 11.3 Å². The van der Waals surface area contributed by atoms with Crippen LogP contribution in [0.15, 0.2) is 42.6 Å². The zero-order chi connectivity index (χ0) is 16.7. The molecule has 0 spiro atoms. The monoisotopic (exact) mass is 314 g/mol. The number of alkyl carbamates (subject to hydrolysis) is 1. The van der Waals surface area contributed by atoms with Crippen molar-refractivity contribution in [1.29, 1.82) is 0 Å². The Hall–Kier alpha value is -2.56. The molecule has 5 nitrogen and oxygen atoms in total. The van der Waals surface area contributed by atoms with E-state index in [1.807, 2.05) is 57.2 Å². The van der Waals surface area contributed by atoms with E-state index in [9.17, 15) is 4.79 Å². The van der Waals surface area contributed by atoms with Gasteiger partial charge in [0, 0.05) is 6.20 Å². The van der Waals surface area contributed by atoms with E-state index in [0.717, 1.165) is 11.3 Å². The van der Waals surface area contributed by atoms with Gasteiger partial charge in [0.1, 0.15) is 11.4 Å². The third kappa shape index (κ3) is 5.62. The lowest BCUT2D eigenvalue weighted by Gasteiger charge is -2.12. The van der Waals surface area contributed by atoms with Crippen LogP contribution in [0.2, 0.25) is 0 Å². The van der Waals surface area contributed by atoms with Gasteiger partial charge in [0.2, 0.25) is 0 Å². The minimum Gasteiger partial charge on any atom is -0.455 e. The van der Waals surface area contributed by atoms with E-state index in [1.54, 1.807) is 6.20 Å². The standard InChI is InChI=1S/C18H22N2O3/c1-13(2)12-22-18(21)20-11-16-17(9-14(3)10-19-16)23-15-7-5-4-6-8-15/h4-10,13H,11-12H2,1-3H3,(H,20,21). The number of carbonyl (C=O) groups excluding carboxylic acids is 1. The third-order valence-corrected chi connectivity index (χ3v) is 2.99. The largest absolute Gasteiger partial charge is 0.455 e. The first kappa shape index (κ1) is 16.8. The molecule has 0 unspecified atom stereocenters. The average molecular weight is 314 g/mol. The second kappa shape index (κ2) is 8.17. The normalized spacial score (nSPS) is 10.4. The van der Waals surface area contributed by atoms with Crippen molar-refractivity contribution in [2.45, 2.75) is 27.3 Å². The number of amides is 1. The maximum Gasteiger partial charge on any atom is 0.407 e. The van der Waals surface area contributed by atoms with Crippen molar-refractivity contribution < 1.29 is 14.3 Å². The summed E-state index contributed by atoms with van der Waals surface area (Å²) >= 11 is 0. The van der Waals surface area contributed by atoms with Crippen LogP contribution in [0.25, 0.3) is 0 Å². The summed E-state index contributed by atoms with van der Waals surface area (Å²) in [5.74, 6) is 1.65. The number of hydrogen-bond acceptors (Lipinski definition) is 4. The van der Waals surface area contributed by atoms with Gasteiger partial charge in [-0.3, -0.25) is 4.98 Å². The predicted octanol–water partition coefficient (Wildman–Crippen LogP) is 4.06. The Bertz CT molecular complexity index is 642. The Morgan fingerprint density at radius 1 is 1.26 bits per heavy atom. The summed E-state index contributed by atoms with van der Waals surface area (Å²) in [6, 6.07) is 11.4. The maximum absolute atomic E-state index is 11.7. The summed E-state index contributed by atoms with van der Waals surface area (Å²) in [4.78, 5) is 16.0. The molecule has 1 aromatic carbocycles. The Kier molecular flexibility index (Phi) is 5.97. The molecule has 0 aliphatic rings. The highest BCUT2D eigenvalue weighted by molar-refractivity contribution is 5.67. The minimum atomic E-state index is -0.452. The summed E-state index contributed by atoms with van der Waals surface area (Å²) < 4.78 is 11.0. The smallest absolute Gasteiger partial charge is 0.407 e. The van der Waals surface area contributed by atoms with Crippen LogP contribution in [0, 0.1) is 12.8 Å². The van der Waals surface area contributed by atoms with Crippen LogP contribution in [0.3, 0.4) is 0 Å². The Morgan fingerprint density at radius 3 is 2.70 bits per heavy atom. The van der Waals surface area contributed by atoms with Gasteiger partial charge in [-0.05, 0) is 36.6 Å². The van der Waals surface area contributed by atoms with Crippen LogP contribution in [0.1, 0.15) is 25.1 Å². The van der Waals surface area contributed by atoms with Crippen LogP contribution < -0.4 is 10.1 Å². The van der Waals surface area contributed by atoms with Crippen LogP contribution >= 0.6 is 0 Å². The van der Waals surface area contributed by atoms with Gasteiger partial charge in [-0.2, -0.15) is 0 Å². The van der Waals surface area contributed by atoms with E-state index in [1.165, 1.54) is 0 Å². The van der Waals surface area contributed by atoms with Gasteiger partial charge >= 0.3 is 6.09 Å². The number of rotatable bonds is 6. The first-order chi connectivity index (χ1) is 11.0. The highest BCUT2D eigenvalue weighted by Crippen LogP contribution is 2.24. The van der Waals surface area contributed by atoms with Crippen molar-refractivity contribution >= 4 is 6.09 Å². The summed E-state index contributed by atoms with van der Waals surface area (Å²) in [5, 5.41) is 2.70. The van der Waals surface area contributed by atoms with Gasteiger partial charge in [0.25, 0.3) is 0 Å². The number of benzene rings is 1. The lowest BCUT2D eigenvalue weighted by molar-refractivity contribution is 0.132. The molecule has 1 heterocycles. The van der Waals surface area contributed by atoms with E-state index >= 15 is 0 Å². The molecule has 1 aromatic heterocycles. The van der Waals surface area contributed by atoms with Gasteiger partial charge in [0.05, 0.1) is 13.2 Å². The fourth-order valence-electron chi connectivity index (χ4n) is 1.86. The van der Waals surface area contributed by atoms with Crippen LogP contribution in [0.5, 0.6) is 11.5 Å². The van der Waals surface area contributed by atoms with Crippen molar-refractivity contribution in [2.24, 2.45) is 5.92 Å². The number of carbonyl (C=O) groups is 1. The fourth-order valence-corrected chi connectivity index (χ4v) is 1.86. The summed E-state index contributed by atoms with van der Waals surface area (Å²) in [6.45, 7) is 6.56. The van der Waals surface area contributed by atoms with E-state index in [0.29, 0.717) is 24.0 Å². The number of para-hydroxylation sites is 1. The highest BCUT2D eigenvalue weighted by Gasteiger charge is 2.10. The summed E-state index contributed by atoms with van der Waals surface area (Å²) in [6.07, 6.45) is 1.29. The highest BCUT2D eigenvalue weighted by atomic mass is 16.5. The van der Waals surface area contributed by atoms with Gasteiger partial charge in [-0.15, -0.1) is 0 Å². The Morgan fingerprint density at radius 2 is 2.00 bits per heavy atom. The van der Waals surface area contributed by atoms with Crippen LogP contribution in [0.4, 0.5) is 4.79 Å². The molecule has 122 valence electrons. The molecule has 0 bridgehead atoms. The number of nitrogens with one attached hydrogen (secondary N) is 1. The molecule has 5 heteroatoms. The van der Waals surface area contributed by atoms with Crippen molar-refractivity contribution in [2.75, 3.05) is 6.61 Å². The van der Waals surface area contributed by atoms with E-state index in [2.05, 4.69) is 10.3 Å². The van der Waals surface area contributed by atoms with E-state index < -0.39 is 6.09 Å². The third-order valence-electron chi connectivity index (χ3n) is 2.99. The molecule has 0 atom stereocenters. The van der Waals surface area contributed by atoms with Gasteiger partial charge in [-0.1, -0.05) is 32.0 Å². The Balaban J connectivity index is 2.02. The molecule has 0 radical (unpaired) electrons. The quantitative estimate of drug-likeness (QED) is 0.873. The average Bonchev–Trinajstić information content (AvgIpc) is 2.53. The van der Waals surface area contributed by atoms with Crippen molar-refractivity contribution in [3.05, 3.63) is 53.9 Å². The first-order valence-corrected chi connectivity index (χ1v) is 7.63. The number of ether oxygens (including phenoxy) is 2. The Labute approximate surface area is 136 Å². The molecule has 0 saturated carbocycles. The molecule has 0 aliphatic carbocycles. The van der Waals surface area contributed by atoms with Gasteiger partial charge in [-0.25, -0.2) is 4.79 Å². The lowest BCUT2D eigenvalue weighted by atomic mass is 10.2. The predicted molar refractivity (Wildman–Crippen MR) is 88.5 cm³/mol. The second-order valence-electron chi connectivity index (χ2n) is 5.72. The fraction of sp³-hybridized carbons (Fsp3) is 0.333. The van der Waals surface area contributed by atoms with E-state index in [-0.39, 0.29) is 6.54 Å². The van der Waals surface area contributed by atoms with Crippen molar-refractivity contribution in [1.82, 2.24) is 10.3 Å². The number of nitrogens with zero attached hydrogens (tertiary/aromatic N) is 1. The molecule has 2 rings (SSSR count). The topological polar surface area (TPSA) is 60.5 Å². The molecule has 0 saturated heterocycles. The zero-order valence-corrected chi connectivity index (χ0v) is 13.7. The first-order valence-electron chi connectivity index (χ1n) is 7.63. The number of pyridine rings is 1. The molecule has 23 heavy (non-hydrogen) atoms. The number of aromatic nitrogens is 1. The number of aryl methyl sites for hydroxylation is 1.